The average molecular weight is 232 g/mol. The molecule has 0 N–H and O–H groups in total. The van der Waals surface area contributed by atoms with E-state index in [0.29, 0.717) is 6.61 Å². The molecule has 4 heteroatoms. The molecule has 0 radical (unpaired) electrons. The second kappa shape index (κ2) is 4.04. The second-order valence-electron chi connectivity index (χ2n) is 4.83. The molecule has 2 atom stereocenters. The van der Waals surface area contributed by atoms with Crippen molar-refractivity contribution in [2.24, 2.45) is 0 Å². The predicted molar refractivity (Wildman–Crippen MR) is 66.7 cm³/mol. The molecule has 1 aromatic rings. The Morgan fingerprint density at radius 3 is 2.94 bits per heavy atom. The predicted octanol–water partition coefficient (Wildman–Crippen LogP) is 1.97. The number of ether oxygens (including phenoxy) is 1. The summed E-state index contributed by atoms with van der Waals surface area (Å²) in [6.45, 7) is 6.87. The Morgan fingerprint density at radius 1 is 1.35 bits per heavy atom. The fourth-order valence-corrected chi connectivity index (χ4v) is 2.66. The maximum atomic E-state index is 5.99. The highest BCUT2D eigenvalue weighted by molar-refractivity contribution is 6.64. The summed E-state index contributed by atoms with van der Waals surface area (Å²) in [6, 6.07) is 4.14. The van der Waals surface area contributed by atoms with Crippen molar-refractivity contribution in [2.45, 2.75) is 39.4 Å². The van der Waals surface area contributed by atoms with Crippen molar-refractivity contribution in [3.63, 3.8) is 0 Å². The SMILES string of the molecule is CCC1OB2OC(C)COc3ccc(C)c1c32. The van der Waals surface area contributed by atoms with Gasteiger partial charge in [-0.25, -0.2) is 0 Å². The summed E-state index contributed by atoms with van der Waals surface area (Å²) in [4.78, 5) is 0. The largest absolute Gasteiger partial charge is 0.498 e. The Bertz CT molecular complexity index is 447. The molecule has 2 aliphatic heterocycles. The number of aryl methyl sites for hydroxylation is 1. The molecule has 3 rings (SSSR count). The zero-order chi connectivity index (χ0) is 12.0. The number of rotatable bonds is 1. The van der Waals surface area contributed by atoms with Crippen LogP contribution in [0.3, 0.4) is 0 Å². The molecule has 0 aliphatic carbocycles. The summed E-state index contributed by atoms with van der Waals surface area (Å²) in [5.74, 6) is 0.927. The molecule has 3 nitrogen and oxygen atoms in total. The molecule has 90 valence electrons. The lowest BCUT2D eigenvalue weighted by Crippen LogP contribution is -2.34. The van der Waals surface area contributed by atoms with Gasteiger partial charge in [0.2, 0.25) is 0 Å². The molecule has 0 saturated heterocycles. The third kappa shape index (κ3) is 1.67. The van der Waals surface area contributed by atoms with Crippen LogP contribution in [0.25, 0.3) is 0 Å². The van der Waals surface area contributed by atoms with Crippen molar-refractivity contribution in [1.82, 2.24) is 0 Å². The van der Waals surface area contributed by atoms with E-state index in [1.165, 1.54) is 11.1 Å². The highest BCUT2D eigenvalue weighted by Crippen LogP contribution is 2.34. The van der Waals surface area contributed by atoms with Gasteiger partial charge in [-0.05, 0) is 37.5 Å². The summed E-state index contributed by atoms with van der Waals surface area (Å²) in [5, 5.41) is 0. The maximum Gasteiger partial charge on any atom is 0.498 e. The third-order valence-electron chi connectivity index (χ3n) is 3.51. The van der Waals surface area contributed by atoms with Crippen LogP contribution >= 0.6 is 0 Å². The van der Waals surface area contributed by atoms with Gasteiger partial charge in [-0.15, -0.1) is 0 Å². The molecule has 0 spiro atoms. The van der Waals surface area contributed by atoms with E-state index in [4.69, 9.17) is 14.0 Å². The Morgan fingerprint density at radius 2 is 2.18 bits per heavy atom. The van der Waals surface area contributed by atoms with Crippen molar-refractivity contribution in [1.29, 1.82) is 0 Å². The molecule has 0 aromatic heterocycles. The van der Waals surface area contributed by atoms with Gasteiger partial charge in [-0.2, -0.15) is 0 Å². The summed E-state index contributed by atoms with van der Waals surface area (Å²) in [6.07, 6.45) is 1.17. The van der Waals surface area contributed by atoms with Gasteiger partial charge in [-0.3, -0.25) is 0 Å². The molecule has 0 fully saturated rings. The van der Waals surface area contributed by atoms with Crippen molar-refractivity contribution >= 4 is 12.6 Å². The van der Waals surface area contributed by atoms with Crippen LogP contribution in [0.15, 0.2) is 12.1 Å². The van der Waals surface area contributed by atoms with Gasteiger partial charge in [0, 0.05) is 5.46 Å². The Labute approximate surface area is 102 Å². The van der Waals surface area contributed by atoms with Gasteiger partial charge in [0.05, 0.1) is 12.2 Å². The minimum Gasteiger partial charge on any atom is -0.491 e. The summed E-state index contributed by atoms with van der Waals surface area (Å²) >= 11 is 0. The van der Waals surface area contributed by atoms with Gasteiger partial charge >= 0.3 is 7.12 Å². The average Bonchev–Trinajstić information content (AvgIpc) is 2.60. The smallest absolute Gasteiger partial charge is 0.491 e. The van der Waals surface area contributed by atoms with Crippen LogP contribution in [0.4, 0.5) is 0 Å². The van der Waals surface area contributed by atoms with Crippen molar-refractivity contribution in [3.05, 3.63) is 23.3 Å². The number of benzene rings is 1. The quantitative estimate of drug-likeness (QED) is 0.693. The third-order valence-corrected chi connectivity index (χ3v) is 3.51. The molecule has 0 amide bonds. The maximum absolute atomic E-state index is 5.99. The van der Waals surface area contributed by atoms with Crippen LogP contribution in [-0.2, 0) is 9.31 Å². The lowest BCUT2D eigenvalue weighted by atomic mass is 9.76. The molecular formula is C13H17BO3. The van der Waals surface area contributed by atoms with Crippen molar-refractivity contribution in [3.8, 4) is 5.75 Å². The van der Waals surface area contributed by atoms with E-state index in [1.807, 2.05) is 13.0 Å². The minimum atomic E-state index is -0.248. The first-order chi connectivity index (χ1) is 8.20. The van der Waals surface area contributed by atoms with Crippen molar-refractivity contribution in [2.75, 3.05) is 6.61 Å². The van der Waals surface area contributed by atoms with Gasteiger partial charge in [0.15, 0.2) is 0 Å². The second-order valence-corrected chi connectivity index (χ2v) is 4.83. The number of hydrogen-bond acceptors (Lipinski definition) is 3. The molecule has 17 heavy (non-hydrogen) atoms. The lowest BCUT2D eigenvalue weighted by molar-refractivity contribution is 0.0976. The van der Waals surface area contributed by atoms with Crippen LogP contribution in [-0.4, -0.2) is 19.8 Å². The Balaban J connectivity index is 2.14. The first-order valence-electron chi connectivity index (χ1n) is 6.27. The Kier molecular flexibility index (Phi) is 2.64. The topological polar surface area (TPSA) is 27.7 Å². The van der Waals surface area contributed by atoms with E-state index in [2.05, 4.69) is 19.9 Å². The summed E-state index contributed by atoms with van der Waals surface area (Å²) in [7, 11) is -0.248. The van der Waals surface area contributed by atoms with Gasteiger partial charge in [-0.1, -0.05) is 13.0 Å². The van der Waals surface area contributed by atoms with Crippen LogP contribution < -0.4 is 10.2 Å². The fourth-order valence-electron chi connectivity index (χ4n) is 2.66. The standard InChI is InChI=1S/C13H17BO3/c1-4-10-12-8(2)5-6-11-13(12)14(17-10)16-9(3)7-15-11/h5-6,9-10H,4,7H2,1-3H3. The highest BCUT2D eigenvalue weighted by atomic mass is 16.6. The van der Waals surface area contributed by atoms with E-state index in [0.717, 1.165) is 17.6 Å². The Hall–Kier alpha value is -0.995. The molecule has 2 aliphatic rings. The molecule has 2 heterocycles. The minimum absolute atomic E-state index is 0.0659. The van der Waals surface area contributed by atoms with Gasteiger partial charge in [0.25, 0.3) is 0 Å². The normalized spacial score (nSPS) is 26.4. The van der Waals surface area contributed by atoms with Crippen molar-refractivity contribution < 1.29 is 14.0 Å². The lowest BCUT2D eigenvalue weighted by Gasteiger charge is -2.16. The highest BCUT2D eigenvalue weighted by Gasteiger charge is 2.42. The van der Waals surface area contributed by atoms with Gasteiger partial charge in [0.1, 0.15) is 12.4 Å². The van der Waals surface area contributed by atoms with Crippen LogP contribution in [0, 0.1) is 6.92 Å². The molecule has 0 bridgehead atoms. The molecule has 0 saturated carbocycles. The van der Waals surface area contributed by atoms with Crippen LogP contribution in [0.1, 0.15) is 37.5 Å². The monoisotopic (exact) mass is 232 g/mol. The fraction of sp³-hybridized carbons (Fsp3) is 0.538. The van der Waals surface area contributed by atoms with Gasteiger partial charge < -0.3 is 14.0 Å². The molecule has 1 aromatic carbocycles. The molecular weight excluding hydrogens is 215 g/mol. The van der Waals surface area contributed by atoms with E-state index in [1.54, 1.807) is 0 Å². The van der Waals surface area contributed by atoms with Crippen LogP contribution in [0.5, 0.6) is 5.75 Å². The van der Waals surface area contributed by atoms with E-state index >= 15 is 0 Å². The summed E-state index contributed by atoms with van der Waals surface area (Å²) in [5.41, 5.74) is 3.64. The molecule has 2 unspecified atom stereocenters. The zero-order valence-corrected chi connectivity index (χ0v) is 10.5. The summed E-state index contributed by atoms with van der Waals surface area (Å²) < 4.78 is 17.7. The number of hydrogen-bond donors (Lipinski definition) is 0. The first-order valence-corrected chi connectivity index (χ1v) is 6.27. The van der Waals surface area contributed by atoms with E-state index in [-0.39, 0.29) is 19.3 Å². The van der Waals surface area contributed by atoms with E-state index in [9.17, 15) is 0 Å². The van der Waals surface area contributed by atoms with E-state index < -0.39 is 0 Å². The zero-order valence-electron chi connectivity index (χ0n) is 10.5. The first kappa shape index (κ1) is 11.1. The van der Waals surface area contributed by atoms with Crippen LogP contribution in [0.2, 0.25) is 0 Å².